The number of methoxy groups -OCH3 is 1. The summed E-state index contributed by atoms with van der Waals surface area (Å²) >= 11 is 0. The Balaban J connectivity index is 1.76. The highest BCUT2D eigenvalue weighted by atomic mass is 19.1. The molecule has 1 unspecified atom stereocenters. The molecule has 164 valence electrons. The molecule has 3 aromatic carbocycles. The third kappa shape index (κ3) is 3.29. The number of carbonyl (C=O) groups is 2. The number of ether oxygens (including phenoxy) is 1. The highest BCUT2D eigenvalue weighted by Gasteiger charge is 2.43. The largest absolute Gasteiger partial charge is 0.465 e. The van der Waals surface area contributed by atoms with Crippen LogP contribution in [0.2, 0.25) is 0 Å². The van der Waals surface area contributed by atoms with Crippen molar-refractivity contribution >= 4 is 28.5 Å². The Kier molecular flexibility index (Phi) is 4.82. The summed E-state index contributed by atoms with van der Waals surface area (Å²) in [4.78, 5) is 40.3. The summed E-state index contributed by atoms with van der Waals surface area (Å²) in [6.07, 6.45) is 0. The van der Waals surface area contributed by atoms with Gasteiger partial charge in [-0.15, -0.1) is 0 Å². The fourth-order valence-electron chi connectivity index (χ4n) is 4.15. The molecule has 1 aromatic heterocycles. The van der Waals surface area contributed by atoms with Crippen LogP contribution in [0.4, 0.5) is 10.1 Å². The number of amides is 1. The van der Waals surface area contributed by atoms with Gasteiger partial charge in [0, 0.05) is 5.69 Å². The van der Waals surface area contributed by atoms with Gasteiger partial charge in [0.1, 0.15) is 11.4 Å². The average molecular weight is 443 g/mol. The Morgan fingerprint density at radius 2 is 1.70 bits per heavy atom. The monoisotopic (exact) mass is 443 g/mol. The first-order valence-corrected chi connectivity index (χ1v) is 10.2. The summed E-state index contributed by atoms with van der Waals surface area (Å²) in [5, 5.41) is 0.0588. The first kappa shape index (κ1) is 20.6. The van der Waals surface area contributed by atoms with Gasteiger partial charge in [-0.05, 0) is 55.0 Å². The van der Waals surface area contributed by atoms with E-state index >= 15 is 0 Å². The smallest absolute Gasteiger partial charge is 0.337 e. The second kappa shape index (κ2) is 7.70. The topological polar surface area (TPSA) is 76.8 Å². The van der Waals surface area contributed by atoms with E-state index in [2.05, 4.69) is 0 Å². The molecule has 4 aromatic rings. The molecule has 0 saturated carbocycles. The molecular weight excluding hydrogens is 425 g/mol. The first-order chi connectivity index (χ1) is 15.9. The van der Waals surface area contributed by atoms with E-state index in [1.807, 2.05) is 19.1 Å². The van der Waals surface area contributed by atoms with Crippen molar-refractivity contribution < 1.29 is 23.1 Å². The van der Waals surface area contributed by atoms with E-state index < -0.39 is 29.2 Å². The molecule has 0 spiro atoms. The zero-order chi connectivity index (χ0) is 23.3. The minimum Gasteiger partial charge on any atom is -0.465 e. The average Bonchev–Trinajstić information content (AvgIpc) is 3.12. The van der Waals surface area contributed by atoms with Gasteiger partial charge in [-0.25, -0.2) is 9.18 Å². The lowest BCUT2D eigenvalue weighted by Gasteiger charge is -2.25. The lowest BCUT2D eigenvalue weighted by molar-refractivity contribution is 0.0600. The van der Waals surface area contributed by atoms with Crippen molar-refractivity contribution in [2.75, 3.05) is 12.0 Å². The second-order valence-corrected chi connectivity index (χ2v) is 7.84. The van der Waals surface area contributed by atoms with E-state index in [0.717, 1.165) is 11.6 Å². The van der Waals surface area contributed by atoms with Crippen molar-refractivity contribution in [3.8, 4) is 0 Å². The number of hydrogen-bond donors (Lipinski definition) is 0. The van der Waals surface area contributed by atoms with Gasteiger partial charge in [0.05, 0.1) is 29.7 Å². The van der Waals surface area contributed by atoms with Crippen LogP contribution in [0.15, 0.2) is 75.9 Å². The minimum absolute atomic E-state index is 0.0588. The molecular formula is C26H18FNO5. The van der Waals surface area contributed by atoms with E-state index in [1.54, 1.807) is 36.4 Å². The molecule has 6 nitrogen and oxygen atoms in total. The molecule has 0 aliphatic carbocycles. The predicted molar refractivity (Wildman–Crippen MR) is 120 cm³/mol. The van der Waals surface area contributed by atoms with Crippen LogP contribution in [0, 0.1) is 12.7 Å². The number of esters is 1. The summed E-state index contributed by atoms with van der Waals surface area (Å²) in [7, 11) is 1.29. The Hall–Kier alpha value is -4.26. The van der Waals surface area contributed by atoms with Gasteiger partial charge in [-0.2, -0.15) is 0 Å². The summed E-state index contributed by atoms with van der Waals surface area (Å²) in [5.41, 5.74) is 2.31. The summed E-state index contributed by atoms with van der Waals surface area (Å²) in [5.74, 6) is -1.63. The number of rotatable bonds is 3. The fourth-order valence-corrected chi connectivity index (χ4v) is 4.15. The zero-order valence-electron chi connectivity index (χ0n) is 17.8. The zero-order valence-corrected chi connectivity index (χ0v) is 17.8. The number of halogens is 1. The Morgan fingerprint density at radius 1 is 1.00 bits per heavy atom. The van der Waals surface area contributed by atoms with Crippen molar-refractivity contribution in [2.24, 2.45) is 0 Å². The maximum Gasteiger partial charge on any atom is 0.337 e. The number of benzene rings is 3. The molecule has 7 heteroatoms. The van der Waals surface area contributed by atoms with E-state index in [1.165, 1.54) is 24.1 Å². The van der Waals surface area contributed by atoms with Crippen LogP contribution in [0.1, 0.15) is 43.6 Å². The van der Waals surface area contributed by atoms with Crippen LogP contribution in [0.5, 0.6) is 0 Å². The first-order valence-electron chi connectivity index (χ1n) is 10.2. The Labute approximate surface area is 187 Å². The quantitative estimate of drug-likeness (QED) is 0.426. The van der Waals surface area contributed by atoms with Gasteiger partial charge >= 0.3 is 5.97 Å². The molecule has 0 fully saturated rings. The Bertz CT molecular complexity index is 1470. The third-order valence-electron chi connectivity index (χ3n) is 5.79. The van der Waals surface area contributed by atoms with Gasteiger partial charge in [-0.1, -0.05) is 29.8 Å². The molecule has 0 N–H and O–H groups in total. The number of fused-ring (bicyclic) bond motifs is 2. The SMILES string of the molecule is COC(=O)c1ccc(C2c3c(oc4ccc(F)cc4c3=O)C(=O)N2c2ccc(C)cc2)cc1. The highest BCUT2D eigenvalue weighted by molar-refractivity contribution is 6.10. The molecule has 2 heterocycles. The molecule has 0 saturated heterocycles. The van der Waals surface area contributed by atoms with Crippen LogP contribution in [-0.4, -0.2) is 19.0 Å². The molecule has 1 amide bonds. The molecule has 1 aliphatic rings. The number of carbonyl (C=O) groups excluding carboxylic acids is 2. The van der Waals surface area contributed by atoms with Crippen LogP contribution in [0.3, 0.4) is 0 Å². The molecule has 33 heavy (non-hydrogen) atoms. The molecule has 1 aliphatic heterocycles. The van der Waals surface area contributed by atoms with E-state index in [4.69, 9.17) is 9.15 Å². The van der Waals surface area contributed by atoms with Gasteiger partial charge in [0.25, 0.3) is 5.91 Å². The van der Waals surface area contributed by atoms with Crippen LogP contribution >= 0.6 is 0 Å². The lowest BCUT2D eigenvalue weighted by Crippen LogP contribution is -2.29. The molecule has 0 bridgehead atoms. The molecule has 5 rings (SSSR count). The van der Waals surface area contributed by atoms with Crippen molar-refractivity contribution in [1.82, 2.24) is 0 Å². The number of aryl methyl sites for hydroxylation is 1. The van der Waals surface area contributed by atoms with Gasteiger partial charge in [0.2, 0.25) is 5.76 Å². The van der Waals surface area contributed by atoms with Gasteiger partial charge < -0.3 is 9.15 Å². The standard InChI is InChI=1S/C26H18FNO5/c1-14-3-10-18(11-4-14)28-22(15-5-7-16(8-6-15)26(31)32-2)21-23(29)19-13-17(27)9-12-20(19)33-24(21)25(28)30/h3-13,22H,1-2H3. The maximum absolute atomic E-state index is 13.9. The third-order valence-corrected chi connectivity index (χ3v) is 5.79. The fraction of sp³-hybridized carbons (Fsp3) is 0.115. The minimum atomic E-state index is -0.814. The summed E-state index contributed by atoms with van der Waals surface area (Å²) in [6, 6.07) is 16.6. The molecule has 1 atom stereocenters. The van der Waals surface area contributed by atoms with Gasteiger partial charge in [0.15, 0.2) is 5.43 Å². The molecule has 0 radical (unpaired) electrons. The van der Waals surface area contributed by atoms with E-state index in [9.17, 15) is 18.8 Å². The van der Waals surface area contributed by atoms with Crippen LogP contribution in [-0.2, 0) is 4.74 Å². The number of anilines is 1. The predicted octanol–water partition coefficient (Wildman–Crippen LogP) is 4.78. The van der Waals surface area contributed by atoms with Crippen molar-refractivity contribution in [1.29, 1.82) is 0 Å². The van der Waals surface area contributed by atoms with Crippen LogP contribution in [0.25, 0.3) is 11.0 Å². The maximum atomic E-state index is 13.9. The van der Waals surface area contributed by atoms with Gasteiger partial charge in [-0.3, -0.25) is 14.5 Å². The van der Waals surface area contributed by atoms with Crippen LogP contribution < -0.4 is 10.3 Å². The van der Waals surface area contributed by atoms with Crippen molar-refractivity contribution in [2.45, 2.75) is 13.0 Å². The Morgan fingerprint density at radius 3 is 2.36 bits per heavy atom. The summed E-state index contributed by atoms with van der Waals surface area (Å²) in [6.45, 7) is 1.93. The number of nitrogens with zero attached hydrogens (tertiary/aromatic N) is 1. The van der Waals surface area contributed by atoms with Crippen molar-refractivity contribution in [3.05, 3.63) is 111 Å². The second-order valence-electron chi connectivity index (χ2n) is 7.84. The number of hydrogen-bond acceptors (Lipinski definition) is 5. The van der Waals surface area contributed by atoms with E-state index in [0.29, 0.717) is 16.8 Å². The van der Waals surface area contributed by atoms with Crippen molar-refractivity contribution in [3.63, 3.8) is 0 Å². The normalized spacial score (nSPS) is 15.1. The van der Waals surface area contributed by atoms with E-state index in [-0.39, 0.29) is 22.3 Å². The lowest BCUT2D eigenvalue weighted by atomic mass is 9.97. The summed E-state index contributed by atoms with van der Waals surface area (Å²) < 4.78 is 24.5. The highest BCUT2D eigenvalue weighted by Crippen LogP contribution is 2.41.